The summed E-state index contributed by atoms with van der Waals surface area (Å²) in [6.45, 7) is 4.73. The minimum atomic E-state index is -0.930. The molecule has 0 radical (unpaired) electrons. The monoisotopic (exact) mass is 308 g/mol. The number of methoxy groups -OCH3 is 1. The molecule has 0 spiro atoms. The smallest absolute Gasteiger partial charge is 0.258 e. The van der Waals surface area contributed by atoms with E-state index in [0.29, 0.717) is 18.5 Å². The van der Waals surface area contributed by atoms with Crippen LogP contribution in [0.4, 0.5) is 0 Å². The summed E-state index contributed by atoms with van der Waals surface area (Å²) < 4.78 is 6.97. The van der Waals surface area contributed by atoms with Crippen LogP contribution >= 0.6 is 0 Å². The lowest BCUT2D eigenvalue weighted by Crippen LogP contribution is -2.59. The number of carbonyl (C=O) groups excluding carboxylic acids is 2. The van der Waals surface area contributed by atoms with Crippen LogP contribution in [-0.2, 0) is 9.53 Å². The second kappa shape index (κ2) is 6.48. The SMILES string of the molecule is CNC(=O)C1(COC)CCCN1C(=O)c1cnn(C(C)C)c1. The minimum absolute atomic E-state index is 0.176. The number of likely N-dealkylation sites (tertiary alicyclic amines) is 1. The summed E-state index contributed by atoms with van der Waals surface area (Å²) in [5.74, 6) is -0.360. The van der Waals surface area contributed by atoms with E-state index in [2.05, 4.69) is 10.4 Å². The fourth-order valence-corrected chi connectivity index (χ4v) is 2.98. The third-order valence-electron chi connectivity index (χ3n) is 4.14. The summed E-state index contributed by atoms with van der Waals surface area (Å²) >= 11 is 0. The molecule has 1 fully saturated rings. The number of hydrogen-bond acceptors (Lipinski definition) is 4. The molecule has 1 N–H and O–H groups in total. The number of ether oxygens (including phenoxy) is 1. The predicted molar refractivity (Wildman–Crippen MR) is 81.6 cm³/mol. The predicted octanol–water partition coefficient (Wildman–Crippen LogP) is 0.831. The Balaban J connectivity index is 2.31. The van der Waals surface area contributed by atoms with Gasteiger partial charge >= 0.3 is 0 Å². The minimum Gasteiger partial charge on any atom is -0.382 e. The van der Waals surface area contributed by atoms with E-state index in [1.807, 2.05) is 13.8 Å². The van der Waals surface area contributed by atoms with Crippen molar-refractivity contribution in [2.24, 2.45) is 0 Å². The summed E-state index contributed by atoms with van der Waals surface area (Å²) in [7, 11) is 3.12. The molecule has 2 heterocycles. The molecule has 1 aromatic rings. The molecular weight excluding hydrogens is 284 g/mol. The molecule has 1 aromatic heterocycles. The van der Waals surface area contributed by atoms with Gasteiger partial charge < -0.3 is 15.0 Å². The van der Waals surface area contributed by atoms with Crippen molar-refractivity contribution < 1.29 is 14.3 Å². The van der Waals surface area contributed by atoms with Crippen LogP contribution in [0.25, 0.3) is 0 Å². The Morgan fingerprint density at radius 2 is 2.23 bits per heavy atom. The Kier molecular flexibility index (Phi) is 4.85. The van der Waals surface area contributed by atoms with E-state index in [0.717, 1.165) is 6.42 Å². The Hall–Kier alpha value is -1.89. The Labute approximate surface area is 130 Å². The van der Waals surface area contributed by atoms with Crippen LogP contribution in [0.15, 0.2) is 12.4 Å². The highest BCUT2D eigenvalue weighted by molar-refractivity contribution is 5.99. The maximum absolute atomic E-state index is 12.8. The number of nitrogens with one attached hydrogen (secondary N) is 1. The fraction of sp³-hybridized carbons (Fsp3) is 0.667. The van der Waals surface area contributed by atoms with E-state index in [-0.39, 0.29) is 24.5 Å². The van der Waals surface area contributed by atoms with Gasteiger partial charge in [-0.25, -0.2) is 0 Å². The Morgan fingerprint density at radius 1 is 1.50 bits per heavy atom. The Bertz CT molecular complexity index is 555. The first-order valence-corrected chi connectivity index (χ1v) is 7.53. The second-order valence-corrected chi connectivity index (χ2v) is 5.91. The van der Waals surface area contributed by atoms with Gasteiger partial charge in [0.15, 0.2) is 0 Å². The Morgan fingerprint density at radius 3 is 2.77 bits per heavy atom. The van der Waals surface area contributed by atoms with Crippen LogP contribution < -0.4 is 5.32 Å². The van der Waals surface area contributed by atoms with Gasteiger partial charge in [0.2, 0.25) is 5.91 Å². The van der Waals surface area contributed by atoms with Crippen molar-refractivity contribution in [3.8, 4) is 0 Å². The highest BCUT2D eigenvalue weighted by Crippen LogP contribution is 2.31. The molecule has 0 bridgehead atoms. The average Bonchev–Trinajstić information content (AvgIpc) is 3.13. The van der Waals surface area contributed by atoms with Gasteiger partial charge in [0.05, 0.1) is 18.4 Å². The molecule has 0 aromatic carbocycles. The van der Waals surface area contributed by atoms with E-state index in [9.17, 15) is 9.59 Å². The van der Waals surface area contributed by atoms with Crippen molar-refractivity contribution in [3.63, 3.8) is 0 Å². The van der Waals surface area contributed by atoms with Gasteiger partial charge in [-0.3, -0.25) is 14.3 Å². The summed E-state index contributed by atoms with van der Waals surface area (Å²) in [5.41, 5.74) is -0.430. The molecule has 22 heavy (non-hydrogen) atoms. The van der Waals surface area contributed by atoms with Crippen molar-refractivity contribution in [3.05, 3.63) is 18.0 Å². The van der Waals surface area contributed by atoms with E-state index >= 15 is 0 Å². The highest BCUT2D eigenvalue weighted by atomic mass is 16.5. The maximum Gasteiger partial charge on any atom is 0.258 e. The van der Waals surface area contributed by atoms with Crippen molar-refractivity contribution in [2.75, 3.05) is 27.3 Å². The first kappa shape index (κ1) is 16.5. The van der Waals surface area contributed by atoms with E-state index < -0.39 is 5.54 Å². The van der Waals surface area contributed by atoms with Crippen LogP contribution in [0.5, 0.6) is 0 Å². The number of rotatable bonds is 5. The molecule has 1 aliphatic heterocycles. The maximum atomic E-state index is 12.8. The zero-order valence-electron chi connectivity index (χ0n) is 13.6. The van der Waals surface area contributed by atoms with Crippen LogP contribution in [0.2, 0.25) is 0 Å². The van der Waals surface area contributed by atoms with Crippen LogP contribution in [0, 0.1) is 0 Å². The van der Waals surface area contributed by atoms with E-state index in [4.69, 9.17) is 4.74 Å². The molecule has 1 unspecified atom stereocenters. The van der Waals surface area contributed by atoms with E-state index in [1.54, 1.807) is 36.1 Å². The molecule has 7 heteroatoms. The molecule has 1 aliphatic rings. The number of nitrogens with zero attached hydrogens (tertiary/aromatic N) is 3. The van der Waals surface area contributed by atoms with Crippen LogP contribution in [-0.4, -0.2) is 59.3 Å². The number of carbonyl (C=O) groups is 2. The summed E-state index contributed by atoms with van der Waals surface area (Å²) in [5, 5.41) is 6.86. The lowest BCUT2D eigenvalue weighted by Gasteiger charge is -2.36. The highest BCUT2D eigenvalue weighted by Gasteiger charge is 2.49. The zero-order valence-corrected chi connectivity index (χ0v) is 13.6. The zero-order chi connectivity index (χ0) is 16.3. The molecule has 2 rings (SSSR count). The lowest BCUT2D eigenvalue weighted by atomic mass is 9.95. The second-order valence-electron chi connectivity index (χ2n) is 5.91. The number of hydrogen-bond donors (Lipinski definition) is 1. The molecule has 1 atom stereocenters. The molecular formula is C15H24N4O3. The first-order valence-electron chi connectivity index (χ1n) is 7.53. The molecule has 0 saturated carbocycles. The van der Waals surface area contributed by atoms with E-state index in [1.165, 1.54) is 0 Å². The third-order valence-corrected chi connectivity index (χ3v) is 4.14. The van der Waals surface area contributed by atoms with Crippen molar-refractivity contribution in [1.29, 1.82) is 0 Å². The number of amides is 2. The fourth-order valence-electron chi connectivity index (χ4n) is 2.98. The van der Waals surface area contributed by atoms with Gasteiger partial charge in [-0.15, -0.1) is 0 Å². The molecule has 7 nitrogen and oxygen atoms in total. The third kappa shape index (κ3) is 2.72. The quantitative estimate of drug-likeness (QED) is 0.874. The molecule has 1 saturated heterocycles. The van der Waals surface area contributed by atoms with Gasteiger partial charge in [0.25, 0.3) is 5.91 Å². The first-order chi connectivity index (χ1) is 10.5. The van der Waals surface area contributed by atoms with Gasteiger partial charge in [0.1, 0.15) is 5.54 Å². The van der Waals surface area contributed by atoms with Gasteiger partial charge in [-0.2, -0.15) is 5.10 Å². The topological polar surface area (TPSA) is 76.5 Å². The van der Waals surface area contributed by atoms with Crippen molar-refractivity contribution >= 4 is 11.8 Å². The van der Waals surface area contributed by atoms with Crippen LogP contribution in [0.1, 0.15) is 43.1 Å². The van der Waals surface area contributed by atoms with Crippen molar-refractivity contribution in [1.82, 2.24) is 20.0 Å². The summed E-state index contributed by atoms with van der Waals surface area (Å²) in [6, 6.07) is 0.183. The largest absolute Gasteiger partial charge is 0.382 e. The van der Waals surface area contributed by atoms with Gasteiger partial charge in [0, 0.05) is 32.9 Å². The van der Waals surface area contributed by atoms with Gasteiger partial charge in [-0.1, -0.05) is 0 Å². The normalized spacial score (nSPS) is 21.4. The summed E-state index contributed by atoms with van der Waals surface area (Å²) in [4.78, 5) is 26.8. The summed E-state index contributed by atoms with van der Waals surface area (Å²) in [6.07, 6.45) is 4.67. The van der Waals surface area contributed by atoms with Crippen LogP contribution in [0.3, 0.4) is 0 Å². The van der Waals surface area contributed by atoms with Gasteiger partial charge in [-0.05, 0) is 26.7 Å². The number of likely N-dealkylation sites (N-methyl/N-ethyl adjacent to an activating group) is 1. The number of aromatic nitrogens is 2. The molecule has 2 amide bonds. The lowest BCUT2D eigenvalue weighted by molar-refractivity contribution is -0.133. The molecule has 0 aliphatic carbocycles. The average molecular weight is 308 g/mol. The standard InChI is InChI=1S/C15H24N4O3/c1-11(2)19-9-12(8-17-19)13(20)18-7-5-6-15(18,10-22-4)14(21)16-3/h8-9,11H,5-7,10H2,1-4H3,(H,16,21). The van der Waals surface area contributed by atoms with Crippen molar-refractivity contribution in [2.45, 2.75) is 38.3 Å². The molecule has 122 valence electrons.